The van der Waals surface area contributed by atoms with Gasteiger partial charge in [0.25, 0.3) is 5.91 Å². The van der Waals surface area contributed by atoms with Crippen LogP contribution >= 0.6 is 11.6 Å². The highest BCUT2D eigenvalue weighted by Crippen LogP contribution is 2.27. The van der Waals surface area contributed by atoms with Crippen molar-refractivity contribution in [1.29, 1.82) is 5.26 Å². The van der Waals surface area contributed by atoms with Crippen LogP contribution in [0.2, 0.25) is 5.02 Å². The van der Waals surface area contributed by atoms with Crippen molar-refractivity contribution in [2.24, 2.45) is 11.7 Å². The summed E-state index contributed by atoms with van der Waals surface area (Å²) in [5, 5.41) is 26.0. The number of halogens is 1. The molecule has 1 aromatic carbocycles. The molecule has 33 heavy (non-hydrogen) atoms. The monoisotopic (exact) mass is 471 g/mol. The average Bonchev–Trinajstić information content (AvgIpc) is 2.85. The van der Waals surface area contributed by atoms with E-state index < -0.39 is 5.91 Å². The average molecular weight is 472 g/mol. The van der Waals surface area contributed by atoms with Gasteiger partial charge in [0.15, 0.2) is 11.5 Å². The lowest BCUT2D eigenvalue weighted by molar-refractivity contribution is 0.0994. The normalized spacial score (nSPS) is 16.9. The van der Waals surface area contributed by atoms with Gasteiger partial charge in [0, 0.05) is 25.8 Å². The Labute approximate surface area is 199 Å². The summed E-state index contributed by atoms with van der Waals surface area (Å²) < 4.78 is 5.84. The molecule has 0 atom stereocenters. The number of ether oxygens (including phenoxy) is 1. The Morgan fingerprint density at radius 3 is 2.42 bits per heavy atom. The van der Waals surface area contributed by atoms with Crippen molar-refractivity contribution in [3.63, 3.8) is 0 Å². The van der Waals surface area contributed by atoms with Crippen molar-refractivity contribution in [2.45, 2.75) is 51.0 Å². The maximum atomic E-state index is 10.8. The third-order valence-electron chi connectivity index (χ3n) is 6.02. The van der Waals surface area contributed by atoms with Crippen molar-refractivity contribution in [2.75, 3.05) is 24.6 Å². The molecule has 3 N–H and O–H groups in total. The topological polar surface area (TPSA) is 125 Å². The number of aliphatic hydroxyl groups is 1. The van der Waals surface area contributed by atoms with Crippen LogP contribution in [0.5, 0.6) is 5.75 Å². The second-order valence-corrected chi connectivity index (χ2v) is 8.79. The van der Waals surface area contributed by atoms with Crippen LogP contribution in [0, 0.1) is 17.2 Å². The Balaban J connectivity index is 0.000000186. The van der Waals surface area contributed by atoms with E-state index in [-0.39, 0.29) is 12.3 Å². The summed E-state index contributed by atoms with van der Waals surface area (Å²) in [6.45, 7) is 1.96. The standard InChI is InChI=1S/C13H14ClNO.C11H16N4O2/c14-13-8-12(7-6-10(13)9-15)16-11-4-2-1-3-5-11;12-11(17)9-1-2-10(14-13-9)15-5-3-8(7-16)4-6-15/h6-8,11H,1-5H2;1-2,8,16H,3-7H2,(H2,12,17). The molecule has 8 nitrogen and oxygen atoms in total. The van der Waals surface area contributed by atoms with Crippen LogP contribution in [0.15, 0.2) is 30.3 Å². The molecule has 1 aliphatic heterocycles. The Morgan fingerprint density at radius 1 is 1.15 bits per heavy atom. The number of aliphatic hydroxyl groups excluding tert-OH is 1. The summed E-state index contributed by atoms with van der Waals surface area (Å²) in [6.07, 6.45) is 8.27. The third kappa shape index (κ3) is 7.31. The van der Waals surface area contributed by atoms with Crippen molar-refractivity contribution < 1.29 is 14.6 Å². The van der Waals surface area contributed by atoms with Gasteiger partial charge in [-0.2, -0.15) is 5.26 Å². The quantitative estimate of drug-likeness (QED) is 0.680. The Kier molecular flexibility index (Phi) is 9.28. The lowest BCUT2D eigenvalue weighted by atomic mass is 9.98. The predicted molar refractivity (Wildman–Crippen MR) is 126 cm³/mol. The highest BCUT2D eigenvalue weighted by Gasteiger charge is 2.20. The molecule has 4 rings (SSSR count). The highest BCUT2D eigenvalue weighted by molar-refractivity contribution is 6.31. The molecule has 0 bridgehead atoms. The van der Waals surface area contributed by atoms with Crippen LogP contribution in [0.1, 0.15) is 61.0 Å². The molecule has 1 saturated carbocycles. The number of hydrogen-bond acceptors (Lipinski definition) is 7. The van der Waals surface area contributed by atoms with Crippen molar-refractivity contribution in [3.05, 3.63) is 46.6 Å². The van der Waals surface area contributed by atoms with Gasteiger partial charge in [0.1, 0.15) is 11.8 Å². The van der Waals surface area contributed by atoms with E-state index in [0.29, 0.717) is 22.6 Å². The summed E-state index contributed by atoms with van der Waals surface area (Å²) in [6, 6.07) is 10.6. The summed E-state index contributed by atoms with van der Waals surface area (Å²) in [4.78, 5) is 12.9. The lowest BCUT2D eigenvalue weighted by Gasteiger charge is -2.31. The van der Waals surface area contributed by atoms with Gasteiger partial charge in [-0.3, -0.25) is 4.79 Å². The van der Waals surface area contributed by atoms with Gasteiger partial charge in [-0.05, 0) is 68.7 Å². The number of nitrogens with two attached hydrogens (primary N) is 1. The van der Waals surface area contributed by atoms with Gasteiger partial charge >= 0.3 is 0 Å². The summed E-state index contributed by atoms with van der Waals surface area (Å²) >= 11 is 5.94. The number of hydrogen-bond donors (Lipinski definition) is 2. The highest BCUT2D eigenvalue weighted by atomic mass is 35.5. The number of carbonyl (C=O) groups excluding carboxylic acids is 1. The fourth-order valence-corrected chi connectivity index (χ4v) is 4.22. The van der Waals surface area contributed by atoms with Crippen molar-refractivity contribution >= 4 is 23.3 Å². The van der Waals surface area contributed by atoms with E-state index in [9.17, 15) is 4.79 Å². The molecule has 1 amide bonds. The molecular weight excluding hydrogens is 442 g/mol. The molecule has 1 saturated heterocycles. The number of nitriles is 1. The first-order chi connectivity index (χ1) is 16.0. The van der Waals surface area contributed by atoms with Gasteiger partial charge in [-0.1, -0.05) is 18.0 Å². The van der Waals surface area contributed by atoms with Crippen LogP contribution in [-0.2, 0) is 0 Å². The van der Waals surface area contributed by atoms with E-state index in [1.807, 2.05) is 12.1 Å². The molecule has 9 heteroatoms. The molecular formula is C24H30ClN5O3. The molecule has 0 spiro atoms. The minimum absolute atomic E-state index is 0.180. The summed E-state index contributed by atoms with van der Waals surface area (Å²) in [7, 11) is 0. The fourth-order valence-electron chi connectivity index (χ4n) is 4.01. The van der Waals surface area contributed by atoms with Crippen LogP contribution in [0.25, 0.3) is 0 Å². The summed E-state index contributed by atoms with van der Waals surface area (Å²) in [5.41, 5.74) is 5.77. The number of amides is 1. The van der Waals surface area contributed by atoms with Crippen LogP contribution in [0.3, 0.4) is 0 Å². The van der Waals surface area contributed by atoms with E-state index in [1.54, 1.807) is 24.3 Å². The zero-order chi connectivity index (χ0) is 23.6. The predicted octanol–water partition coefficient (Wildman–Crippen LogP) is 3.71. The van der Waals surface area contributed by atoms with Gasteiger partial charge in [0.2, 0.25) is 0 Å². The molecule has 0 radical (unpaired) electrons. The van der Waals surface area contributed by atoms with Crippen LogP contribution < -0.4 is 15.4 Å². The number of piperidine rings is 1. The molecule has 2 aliphatic rings. The zero-order valence-corrected chi connectivity index (χ0v) is 19.4. The molecule has 0 unspecified atom stereocenters. The largest absolute Gasteiger partial charge is 0.490 e. The Morgan fingerprint density at radius 2 is 1.88 bits per heavy atom. The lowest BCUT2D eigenvalue weighted by Crippen LogP contribution is -2.35. The fraction of sp³-hybridized carbons (Fsp3) is 0.500. The number of aromatic nitrogens is 2. The van der Waals surface area contributed by atoms with Crippen molar-refractivity contribution in [3.8, 4) is 11.8 Å². The number of primary amides is 1. The van der Waals surface area contributed by atoms with Gasteiger partial charge in [0.05, 0.1) is 16.7 Å². The number of benzene rings is 1. The van der Waals surface area contributed by atoms with E-state index in [2.05, 4.69) is 15.1 Å². The van der Waals surface area contributed by atoms with E-state index >= 15 is 0 Å². The number of nitrogens with zero attached hydrogens (tertiary/aromatic N) is 4. The first-order valence-electron chi connectivity index (χ1n) is 11.4. The smallest absolute Gasteiger partial charge is 0.269 e. The Hall–Kier alpha value is -2.89. The third-order valence-corrected chi connectivity index (χ3v) is 6.33. The number of rotatable bonds is 5. The first kappa shape index (κ1) is 24.7. The summed E-state index contributed by atoms with van der Waals surface area (Å²) in [5.74, 6) is 1.36. The molecule has 1 aromatic heterocycles. The van der Waals surface area contributed by atoms with Crippen LogP contribution in [0.4, 0.5) is 5.82 Å². The number of anilines is 1. The van der Waals surface area contributed by atoms with E-state index in [0.717, 1.165) is 50.3 Å². The Bertz CT molecular complexity index is 950. The SMILES string of the molecule is N#Cc1ccc(OC2CCCCC2)cc1Cl.NC(=O)c1ccc(N2CCC(CO)CC2)nn1. The molecule has 2 heterocycles. The van der Waals surface area contributed by atoms with Crippen LogP contribution in [-0.4, -0.2) is 47.0 Å². The maximum Gasteiger partial charge on any atom is 0.269 e. The second-order valence-electron chi connectivity index (χ2n) is 8.39. The maximum absolute atomic E-state index is 10.8. The van der Waals surface area contributed by atoms with Crippen molar-refractivity contribution in [1.82, 2.24) is 10.2 Å². The number of carbonyl (C=O) groups is 1. The van der Waals surface area contributed by atoms with E-state index in [1.165, 1.54) is 19.3 Å². The molecule has 1 aliphatic carbocycles. The molecule has 2 aromatic rings. The minimum Gasteiger partial charge on any atom is -0.490 e. The van der Waals surface area contributed by atoms with E-state index in [4.69, 9.17) is 32.4 Å². The first-order valence-corrected chi connectivity index (χ1v) is 11.7. The molecule has 2 fully saturated rings. The van der Waals surface area contributed by atoms with Gasteiger partial charge < -0.3 is 20.5 Å². The zero-order valence-electron chi connectivity index (χ0n) is 18.6. The van der Waals surface area contributed by atoms with Gasteiger partial charge in [-0.15, -0.1) is 10.2 Å². The second kappa shape index (κ2) is 12.4. The molecule has 176 valence electrons. The minimum atomic E-state index is -0.567. The van der Waals surface area contributed by atoms with Gasteiger partial charge in [-0.25, -0.2) is 0 Å².